The van der Waals surface area contributed by atoms with Crippen LogP contribution in [-0.4, -0.2) is 0 Å². The van der Waals surface area contributed by atoms with Gasteiger partial charge >= 0.3 is 0 Å². The van der Waals surface area contributed by atoms with Crippen LogP contribution in [0.25, 0.3) is 10.8 Å². The van der Waals surface area contributed by atoms with E-state index < -0.39 is 0 Å². The SMILES string of the molecule is Cc1ccsc1C(N)c1ccc(C)c2ccccc12. The number of aryl methyl sites for hydroxylation is 2. The molecule has 96 valence electrons. The van der Waals surface area contributed by atoms with E-state index in [2.05, 4.69) is 61.7 Å². The Morgan fingerprint density at radius 2 is 1.63 bits per heavy atom. The van der Waals surface area contributed by atoms with E-state index in [-0.39, 0.29) is 6.04 Å². The number of hydrogen-bond acceptors (Lipinski definition) is 2. The molecule has 1 unspecified atom stereocenters. The minimum atomic E-state index is -0.0366. The highest BCUT2D eigenvalue weighted by molar-refractivity contribution is 7.10. The molecule has 19 heavy (non-hydrogen) atoms. The van der Waals surface area contributed by atoms with Crippen LogP contribution in [0.4, 0.5) is 0 Å². The Morgan fingerprint density at radius 1 is 0.895 bits per heavy atom. The van der Waals surface area contributed by atoms with Gasteiger partial charge in [0.05, 0.1) is 6.04 Å². The smallest absolute Gasteiger partial charge is 0.0654 e. The van der Waals surface area contributed by atoms with Gasteiger partial charge in [-0.25, -0.2) is 0 Å². The van der Waals surface area contributed by atoms with Crippen molar-refractivity contribution in [1.82, 2.24) is 0 Å². The Kier molecular flexibility index (Phi) is 3.13. The van der Waals surface area contributed by atoms with Gasteiger partial charge in [0.25, 0.3) is 0 Å². The fourth-order valence-electron chi connectivity index (χ4n) is 2.59. The molecule has 1 heterocycles. The molecule has 0 aliphatic rings. The van der Waals surface area contributed by atoms with Gasteiger partial charge in [-0.3, -0.25) is 0 Å². The molecule has 0 radical (unpaired) electrons. The summed E-state index contributed by atoms with van der Waals surface area (Å²) < 4.78 is 0. The fourth-order valence-corrected chi connectivity index (χ4v) is 3.53. The van der Waals surface area contributed by atoms with Crippen LogP contribution in [0.15, 0.2) is 47.8 Å². The van der Waals surface area contributed by atoms with E-state index in [9.17, 15) is 0 Å². The van der Waals surface area contributed by atoms with E-state index in [1.54, 1.807) is 11.3 Å². The maximum atomic E-state index is 6.49. The van der Waals surface area contributed by atoms with E-state index in [1.807, 2.05) is 0 Å². The maximum Gasteiger partial charge on any atom is 0.0654 e. The summed E-state index contributed by atoms with van der Waals surface area (Å²) in [5.74, 6) is 0. The molecule has 2 N–H and O–H groups in total. The summed E-state index contributed by atoms with van der Waals surface area (Å²) in [5.41, 5.74) is 10.3. The Hall–Kier alpha value is -1.64. The van der Waals surface area contributed by atoms with Crippen molar-refractivity contribution in [3.63, 3.8) is 0 Å². The minimum absolute atomic E-state index is 0.0366. The van der Waals surface area contributed by atoms with Gasteiger partial charge in [0.2, 0.25) is 0 Å². The third-order valence-electron chi connectivity index (χ3n) is 3.70. The number of nitrogens with two attached hydrogens (primary N) is 1. The van der Waals surface area contributed by atoms with Crippen LogP contribution in [0.5, 0.6) is 0 Å². The summed E-state index contributed by atoms with van der Waals surface area (Å²) in [7, 11) is 0. The summed E-state index contributed by atoms with van der Waals surface area (Å²) >= 11 is 1.74. The van der Waals surface area contributed by atoms with E-state index in [1.165, 1.54) is 32.3 Å². The van der Waals surface area contributed by atoms with E-state index in [4.69, 9.17) is 5.73 Å². The highest BCUT2D eigenvalue weighted by Crippen LogP contribution is 2.32. The Balaban J connectivity index is 2.21. The van der Waals surface area contributed by atoms with Crippen molar-refractivity contribution in [2.45, 2.75) is 19.9 Å². The first-order chi connectivity index (χ1) is 9.18. The molecular formula is C17H17NS. The summed E-state index contributed by atoms with van der Waals surface area (Å²) in [4.78, 5) is 1.26. The van der Waals surface area contributed by atoms with E-state index in [0.29, 0.717) is 0 Å². The van der Waals surface area contributed by atoms with Gasteiger partial charge in [-0.1, -0.05) is 36.4 Å². The lowest BCUT2D eigenvalue weighted by molar-refractivity contribution is 0.894. The molecular weight excluding hydrogens is 250 g/mol. The molecule has 2 aromatic carbocycles. The first-order valence-corrected chi connectivity index (χ1v) is 7.34. The van der Waals surface area contributed by atoms with Crippen molar-refractivity contribution in [3.8, 4) is 0 Å². The van der Waals surface area contributed by atoms with Gasteiger partial charge in [0.15, 0.2) is 0 Å². The van der Waals surface area contributed by atoms with Crippen LogP contribution in [0.1, 0.15) is 27.6 Å². The van der Waals surface area contributed by atoms with E-state index in [0.717, 1.165) is 0 Å². The lowest BCUT2D eigenvalue weighted by Gasteiger charge is -2.15. The number of rotatable bonds is 2. The van der Waals surface area contributed by atoms with Crippen LogP contribution in [-0.2, 0) is 0 Å². The molecule has 0 aliphatic heterocycles. The Labute approximate surface area is 117 Å². The van der Waals surface area contributed by atoms with Crippen LogP contribution in [0.3, 0.4) is 0 Å². The van der Waals surface area contributed by atoms with Crippen molar-refractivity contribution in [3.05, 3.63) is 69.4 Å². The third-order valence-corrected chi connectivity index (χ3v) is 4.80. The molecule has 0 fully saturated rings. The summed E-state index contributed by atoms with van der Waals surface area (Å²) in [6.45, 7) is 4.27. The summed E-state index contributed by atoms with van der Waals surface area (Å²) in [6.07, 6.45) is 0. The molecule has 3 aromatic rings. The molecule has 1 atom stereocenters. The zero-order valence-corrected chi connectivity index (χ0v) is 12.0. The number of fused-ring (bicyclic) bond motifs is 1. The quantitative estimate of drug-likeness (QED) is 0.723. The molecule has 0 saturated heterocycles. The second-order valence-electron chi connectivity index (χ2n) is 4.96. The van der Waals surface area contributed by atoms with Crippen LogP contribution in [0.2, 0.25) is 0 Å². The Bertz CT molecular complexity index is 727. The first kappa shape index (κ1) is 12.4. The highest BCUT2D eigenvalue weighted by Gasteiger charge is 2.15. The van der Waals surface area contributed by atoms with Gasteiger partial charge < -0.3 is 5.73 Å². The molecule has 2 heteroatoms. The van der Waals surface area contributed by atoms with Gasteiger partial charge in [-0.2, -0.15) is 0 Å². The fraction of sp³-hybridized carbons (Fsp3) is 0.176. The number of hydrogen-bond donors (Lipinski definition) is 1. The van der Waals surface area contributed by atoms with Crippen molar-refractivity contribution in [1.29, 1.82) is 0 Å². The van der Waals surface area contributed by atoms with Gasteiger partial charge in [0, 0.05) is 4.88 Å². The average molecular weight is 267 g/mol. The van der Waals surface area contributed by atoms with Crippen LogP contribution in [0, 0.1) is 13.8 Å². The van der Waals surface area contributed by atoms with Gasteiger partial charge in [-0.15, -0.1) is 11.3 Å². The standard InChI is InChI=1S/C17H17NS/c1-11-7-8-15(14-6-4-3-5-13(11)14)16(18)17-12(2)9-10-19-17/h3-10,16H,18H2,1-2H3. The molecule has 0 amide bonds. The largest absolute Gasteiger partial charge is 0.320 e. The normalized spacial score (nSPS) is 12.8. The molecule has 3 rings (SSSR count). The lowest BCUT2D eigenvalue weighted by Crippen LogP contribution is -2.12. The van der Waals surface area contributed by atoms with Crippen molar-refractivity contribution >= 4 is 22.1 Å². The zero-order chi connectivity index (χ0) is 13.4. The molecule has 0 aliphatic carbocycles. The van der Waals surface area contributed by atoms with Crippen LogP contribution < -0.4 is 5.73 Å². The number of thiophene rings is 1. The average Bonchev–Trinajstić information content (AvgIpc) is 2.85. The second kappa shape index (κ2) is 4.80. The summed E-state index contributed by atoms with van der Waals surface area (Å²) in [6, 6.07) is 14.9. The lowest BCUT2D eigenvalue weighted by atomic mass is 9.94. The van der Waals surface area contributed by atoms with Crippen molar-refractivity contribution in [2.24, 2.45) is 5.73 Å². The zero-order valence-electron chi connectivity index (χ0n) is 11.2. The summed E-state index contributed by atoms with van der Waals surface area (Å²) in [5, 5.41) is 4.67. The molecule has 1 aromatic heterocycles. The van der Waals surface area contributed by atoms with Gasteiger partial charge in [0.1, 0.15) is 0 Å². The highest BCUT2D eigenvalue weighted by atomic mass is 32.1. The second-order valence-corrected chi connectivity index (χ2v) is 5.91. The van der Waals surface area contributed by atoms with Crippen LogP contribution >= 0.6 is 11.3 Å². The predicted molar refractivity (Wildman–Crippen MR) is 83.8 cm³/mol. The molecule has 0 saturated carbocycles. The first-order valence-electron chi connectivity index (χ1n) is 6.46. The monoisotopic (exact) mass is 267 g/mol. The van der Waals surface area contributed by atoms with E-state index >= 15 is 0 Å². The maximum absolute atomic E-state index is 6.49. The van der Waals surface area contributed by atoms with Gasteiger partial charge in [-0.05, 0) is 52.8 Å². The van der Waals surface area contributed by atoms with Crippen molar-refractivity contribution in [2.75, 3.05) is 0 Å². The Morgan fingerprint density at radius 3 is 2.32 bits per heavy atom. The molecule has 1 nitrogen and oxygen atoms in total. The predicted octanol–water partition coefficient (Wildman–Crippen LogP) is 4.57. The topological polar surface area (TPSA) is 26.0 Å². The third kappa shape index (κ3) is 2.07. The minimum Gasteiger partial charge on any atom is -0.320 e. The molecule has 0 bridgehead atoms. The van der Waals surface area contributed by atoms with Crippen molar-refractivity contribution < 1.29 is 0 Å². The number of benzene rings is 2. The molecule has 0 spiro atoms.